The number of guanidine groups is 1. The quantitative estimate of drug-likeness (QED) is 0.373. The van der Waals surface area contributed by atoms with E-state index in [1.54, 1.807) is 13.3 Å². The molecule has 1 saturated heterocycles. The molecule has 3 rings (SSSR count). The molecule has 1 atom stereocenters. The van der Waals surface area contributed by atoms with E-state index in [-0.39, 0.29) is 17.9 Å². The number of nitrogens with zero attached hydrogens (tertiary/aromatic N) is 2. The first-order valence-corrected chi connectivity index (χ1v) is 9.27. The molecule has 1 aromatic heterocycles. The van der Waals surface area contributed by atoms with E-state index in [4.69, 9.17) is 4.42 Å². The Bertz CT molecular complexity index is 562. The zero-order chi connectivity index (χ0) is 17.5. The van der Waals surface area contributed by atoms with E-state index in [0.29, 0.717) is 13.1 Å². The molecule has 1 aromatic rings. The number of carbonyl (C=O) groups is 1. The minimum Gasteiger partial charge on any atom is -0.468 e. The maximum absolute atomic E-state index is 11.6. The summed E-state index contributed by atoms with van der Waals surface area (Å²) in [5.74, 6) is 2.17. The Morgan fingerprint density at radius 2 is 2.04 bits per heavy atom. The maximum Gasteiger partial charge on any atom is 0.223 e. The van der Waals surface area contributed by atoms with Gasteiger partial charge in [-0.25, -0.2) is 0 Å². The molecule has 1 aliphatic carbocycles. The molecule has 3 N–H and O–H groups in total. The number of rotatable bonds is 8. The van der Waals surface area contributed by atoms with Crippen molar-refractivity contribution in [2.45, 2.75) is 31.7 Å². The van der Waals surface area contributed by atoms with E-state index >= 15 is 0 Å². The molecule has 25 heavy (non-hydrogen) atoms. The summed E-state index contributed by atoms with van der Waals surface area (Å²) in [6.45, 7) is 4.22. The van der Waals surface area contributed by atoms with Gasteiger partial charge in [-0.05, 0) is 50.9 Å². The van der Waals surface area contributed by atoms with Crippen LogP contribution in [-0.2, 0) is 4.79 Å². The molecule has 0 bridgehead atoms. The van der Waals surface area contributed by atoms with E-state index in [2.05, 4.69) is 25.8 Å². The van der Waals surface area contributed by atoms with Gasteiger partial charge in [0.1, 0.15) is 5.76 Å². The van der Waals surface area contributed by atoms with Gasteiger partial charge < -0.3 is 20.4 Å². The van der Waals surface area contributed by atoms with Crippen molar-refractivity contribution >= 4 is 11.9 Å². The lowest BCUT2D eigenvalue weighted by Crippen LogP contribution is -2.44. The minimum atomic E-state index is 0.177. The van der Waals surface area contributed by atoms with Crippen molar-refractivity contribution in [2.24, 2.45) is 10.9 Å². The first-order valence-electron chi connectivity index (χ1n) is 9.27. The van der Waals surface area contributed by atoms with Gasteiger partial charge in [-0.2, -0.15) is 0 Å². The van der Waals surface area contributed by atoms with Crippen molar-refractivity contribution < 1.29 is 9.21 Å². The minimum absolute atomic E-state index is 0.177. The second-order valence-corrected chi connectivity index (χ2v) is 6.72. The highest BCUT2D eigenvalue weighted by Gasteiger charge is 2.29. The number of hydrogen-bond donors (Lipinski definition) is 3. The summed E-state index contributed by atoms with van der Waals surface area (Å²) in [5.41, 5.74) is 0. The average Bonchev–Trinajstić information content (AvgIpc) is 3.10. The molecule has 1 aliphatic heterocycles. The lowest BCUT2D eigenvalue weighted by Gasteiger charge is -2.26. The van der Waals surface area contributed by atoms with E-state index in [0.717, 1.165) is 44.2 Å². The van der Waals surface area contributed by atoms with E-state index in [9.17, 15) is 4.79 Å². The van der Waals surface area contributed by atoms with Gasteiger partial charge in [-0.15, -0.1) is 0 Å². The predicted octanol–water partition coefficient (Wildman–Crippen LogP) is 1.11. The molecule has 0 spiro atoms. The summed E-state index contributed by atoms with van der Waals surface area (Å²) in [6.07, 6.45) is 6.28. The van der Waals surface area contributed by atoms with Gasteiger partial charge in [0.15, 0.2) is 5.96 Å². The highest BCUT2D eigenvalue weighted by Crippen LogP contribution is 2.28. The average molecular weight is 347 g/mol. The van der Waals surface area contributed by atoms with Crippen LogP contribution in [0.15, 0.2) is 27.8 Å². The molecule has 2 aliphatic rings. The van der Waals surface area contributed by atoms with Gasteiger partial charge in [0.2, 0.25) is 5.91 Å². The van der Waals surface area contributed by atoms with Gasteiger partial charge in [-0.3, -0.25) is 14.7 Å². The fraction of sp³-hybridized carbons (Fsp3) is 0.667. The molecule has 2 fully saturated rings. The molecule has 1 saturated carbocycles. The summed E-state index contributed by atoms with van der Waals surface area (Å²) >= 11 is 0. The van der Waals surface area contributed by atoms with Crippen LogP contribution in [0.25, 0.3) is 0 Å². The number of hydrogen-bond acceptors (Lipinski definition) is 4. The van der Waals surface area contributed by atoms with Crippen LogP contribution < -0.4 is 16.0 Å². The Kier molecular flexibility index (Phi) is 6.33. The fourth-order valence-electron chi connectivity index (χ4n) is 3.21. The van der Waals surface area contributed by atoms with Crippen LogP contribution in [0.2, 0.25) is 0 Å². The van der Waals surface area contributed by atoms with Crippen LogP contribution in [0.3, 0.4) is 0 Å². The third kappa shape index (κ3) is 5.22. The number of nitrogens with one attached hydrogen (secondary N) is 3. The monoisotopic (exact) mass is 347 g/mol. The first-order chi connectivity index (χ1) is 12.3. The zero-order valence-electron chi connectivity index (χ0n) is 15.0. The van der Waals surface area contributed by atoms with Crippen molar-refractivity contribution in [3.8, 4) is 0 Å². The van der Waals surface area contributed by atoms with Crippen LogP contribution in [-0.4, -0.2) is 56.5 Å². The van der Waals surface area contributed by atoms with Gasteiger partial charge in [0.05, 0.1) is 12.3 Å². The van der Waals surface area contributed by atoms with Crippen LogP contribution in [0.5, 0.6) is 0 Å². The van der Waals surface area contributed by atoms with Crippen molar-refractivity contribution in [3.05, 3.63) is 24.2 Å². The Morgan fingerprint density at radius 1 is 1.28 bits per heavy atom. The SMILES string of the molecule is CN=C(NCCNC(=O)C1CC1)NC[C@@H](c1ccco1)N1CCCC1. The van der Waals surface area contributed by atoms with Gasteiger partial charge in [-0.1, -0.05) is 0 Å². The Morgan fingerprint density at radius 3 is 2.68 bits per heavy atom. The summed E-state index contributed by atoms with van der Waals surface area (Å²) in [6, 6.07) is 4.19. The lowest BCUT2D eigenvalue weighted by atomic mass is 10.2. The van der Waals surface area contributed by atoms with Crippen LogP contribution >= 0.6 is 0 Å². The topological polar surface area (TPSA) is 81.9 Å². The number of furan rings is 1. The van der Waals surface area contributed by atoms with E-state index in [1.165, 1.54) is 12.8 Å². The number of likely N-dealkylation sites (tertiary alicyclic amines) is 1. The summed E-state index contributed by atoms with van der Waals surface area (Å²) in [4.78, 5) is 18.3. The van der Waals surface area contributed by atoms with Crippen molar-refractivity contribution in [1.82, 2.24) is 20.9 Å². The largest absolute Gasteiger partial charge is 0.468 e. The molecule has 2 heterocycles. The highest BCUT2D eigenvalue weighted by molar-refractivity contribution is 5.81. The standard InChI is InChI=1S/C18H29N5O2/c1-19-18(21-9-8-20-17(24)14-6-7-14)22-13-15(16-5-4-12-25-16)23-10-2-3-11-23/h4-5,12,14-15H,2-3,6-11,13H2,1H3,(H,20,24)(H2,19,21,22)/t15-/m0/s1. The summed E-state index contributed by atoms with van der Waals surface area (Å²) in [7, 11) is 1.76. The number of carbonyl (C=O) groups excluding carboxylic acids is 1. The van der Waals surface area contributed by atoms with Crippen molar-refractivity contribution in [3.63, 3.8) is 0 Å². The Hall–Kier alpha value is -2.02. The molecule has 0 unspecified atom stereocenters. The maximum atomic E-state index is 11.6. The van der Waals surface area contributed by atoms with E-state index in [1.807, 2.05) is 12.1 Å². The van der Waals surface area contributed by atoms with Gasteiger partial charge >= 0.3 is 0 Å². The van der Waals surface area contributed by atoms with Crippen LogP contribution in [0, 0.1) is 5.92 Å². The molecule has 0 radical (unpaired) electrons. The highest BCUT2D eigenvalue weighted by atomic mass is 16.3. The zero-order valence-corrected chi connectivity index (χ0v) is 15.0. The third-order valence-electron chi connectivity index (χ3n) is 4.80. The van der Waals surface area contributed by atoms with Gasteiger partial charge in [0.25, 0.3) is 0 Å². The predicted molar refractivity (Wildman–Crippen MR) is 97.4 cm³/mol. The lowest BCUT2D eigenvalue weighted by molar-refractivity contribution is -0.122. The normalized spacial score (nSPS) is 19.6. The Labute approximate surface area is 149 Å². The van der Waals surface area contributed by atoms with Crippen LogP contribution in [0.4, 0.5) is 0 Å². The molecule has 7 nitrogen and oxygen atoms in total. The molecule has 0 aromatic carbocycles. The molecular weight excluding hydrogens is 318 g/mol. The molecular formula is C18H29N5O2. The Balaban J connectivity index is 1.42. The second kappa shape index (κ2) is 8.89. The molecule has 1 amide bonds. The van der Waals surface area contributed by atoms with E-state index < -0.39 is 0 Å². The third-order valence-corrected chi connectivity index (χ3v) is 4.80. The van der Waals surface area contributed by atoms with Crippen LogP contribution in [0.1, 0.15) is 37.5 Å². The fourth-order valence-corrected chi connectivity index (χ4v) is 3.21. The van der Waals surface area contributed by atoms with Crippen molar-refractivity contribution in [2.75, 3.05) is 39.8 Å². The summed E-state index contributed by atoms with van der Waals surface area (Å²) < 4.78 is 5.64. The second-order valence-electron chi connectivity index (χ2n) is 6.72. The first kappa shape index (κ1) is 17.8. The number of amides is 1. The molecule has 138 valence electrons. The van der Waals surface area contributed by atoms with Crippen molar-refractivity contribution in [1.29, 1.82) is 0 Å². The number of aliphatic imine (C=N–C) groups is 1. The summed E-state index contributed by atoms with van der Waals surface area (Å²) in [5, 5.41) is 9.58. The van der Waals surface area contributed by atoms with Gasteiger partial charge in [0, 0.05) is 32.6 Å². The smallest absolute Gasteiger partial charge is 0.223 e. The molecule has 7 heteroatoms.